The summed E-state index contributed by atoms with van der Waals surface area (Å²) in [6.07, 6.45) is 0.803. The van der Waals surface area contributed by atoms with E-state index in [4.69, 9.17) is 5.73 Å². The molecule has 2 N–H and O–H groups in total. The summed E-state index contributed by atoms with van der Waals surface area (Å²) in [7, 11) is 0. The largest absolute Gasteiger partial charge is 0.321 e. The predicted octanol–water partition coefficient (Wildman–Crippen LogP) is 1.11. The minimum atomic E-state index is -0.100. The topological polar surface area (TPSA) is 60.9 Å². The minimum Gasteiger partial charge on any atom is -0.321 e. The van der Waals surface area contributed by atoms with Gasteiger partial charge in [0.15, 0.2) is 0 Å². The molecule has 4 nitrogen and oxygen atoms in total. The first kappa shape index (κ1) is 9.54. The Bertz CT molecular complexity index is 630. The molecule has 1 atom stereocenters. The molecular formula is C12H13N3O. The number of hydrogen-bond acceptors (Lipinski definition) is 3. The van der Waals surface area contributed by atoms with Gasteiger partial charge in [0.1, 0.15) is 5.82 Å². The third kappa shape index (κ3) is 1.13. The van der Waals surface area contributed by atoms with Crippen LogP contribution in [0.2, 0.25) is 0 Å². The molecule has 0 saturated carbocycles. The van der Waals surface area contributed by atoms with E-state index in [9.17, 15) is 4.79 Å². The van der Waals surface area contributed by atoms with Gasteiger partial charge >= 0.3 is 0 Å². The van der Waals surface area contributed by atoms with Crippen molar-refractivity contribution < 1.29 is 0 Å². The lowest BCUT2D eigenvalue weighted by atomic mass is 10.1. The van der Waals surface area contributed by atoms with E-state index < -0.39 is 0 Å². The maximum atomic E-state index is 12.2. The summed E-state index contributed by atoms with van der Waals surface area (Å²) in [5, 5.41) is 0.692. The van der Waals surface area contributed by atoms with Gasteiger partial charge in [-0.25, -0.2) is 4.98 Å². The summed E-state index contributed by atoms with van der Waals surface area (Å²) in [5.74, 6) is 0.729. The van der Waals surface area contributed by atoms with E-state index in [2.05, 4.69) is 4.98 Å². The summed E-state index contributed by atoms with van der Waals surface area (Å²) in [6, 6.07) is 5.58. The van der Waals surface area contributed by atoms with Crippen LogP contribution in [0, 0.1) is 6.92 Å². The molecule has 0 radical (unpaired) electrons. The molecule has 0 fully saturated rings. The van der Waals surface area contributed by atoms with Gasteiger partial charge in [-0.1, -0.05) is 12.1 Å². The van der Waals surface area contributed by atoms with Crippen LogP contribution in [-0.2, 0) is 6.54 Å². The van der Waals surface area contributed by atoms with Crippen LogP contribution in [0.5, 0.6) is 0 Å². The molecule has 2 heterocycles. The van der Waals surface area contributed by atoms with E-state index in [0.717, 1.165) is 23.3 Å². The Morgan fingerprint density at radius 2 is 2.31 bits per heavy atom. The van der Waals surface area contributed by atoms with E-state index in [-0.39, 0.29) is 11.6 Å². The van der Waals surface area contributed by atoms with Crippen molar-refractivity contribution in [1.29, 1.82) is 0 Å². The normalized spacial score (nSPS) is 19.0. The highest BCUT2D eigenvalue weighted by Gasteiger charge is 2.23. The molecule has 0 aliphatic carbocycles. The van der Waals surface area contributed by atoms with Crippen LogP contribution in [0.1, 0.15) is 23.9 Å². The molecule has 2 aromatic rings. The fraction of sp³-hybridized carbons (Fsp3) is 0.333. The molecule has 0 unspecified atom stereocenters. The van der Waals surface area contributed by atoms with Crippen molar-refractivity contribution in [2.24, 2.45) is 5.73 Å². The number of fused-ring (bicyclic) bond motifs is 2. The fourth-order valence-corrected chi connectivity index (χ4v) is 2.30. The smallest absolute Gasteiger partial charge is 0.261 e. The van der Waals surface area contributed by atoms with Gasteiger partial charge in [-0.2, -0.15) is 0 Å². The van der Waals surface area contributed by atoms with Crippen molar-refractivity contribution in [3.05, 3.63) is 39.9 Å². The van der Waals surface area contributed by atoms with Gasteiger partial charge in [-0.15, -0.1) is 0 Å². The Hall–Kier alpha value is -1.68. The lowest BCUT2D eigenvalue weighted by molar-refractivity contribution is 0.679. The number of para-hydroxylation sites is 1. The second-order valence-electron chi connectivity index (χ2n) is 4.29. The summed E-state index contributed by atoms with van der Waals surface area (Å²) >= 11 is 0. The lowest BCUT2D eigenvalue weighted by Gasteiger charge is -2.08. The van der Waals surface area contributed by atoms with Crippen LogP contribution >= 0.6 is 0 Å². The van der Waals surface area contributed by atoms with Crippen LogP contribution in [0.15, 0.2) is 23.0 Å². The first-order valence-corrected chi connectivity index (χ1v) is 5.44. The highest BCUT2D eigenvalue weighted by molar-refractivity contribution is 5.80. The highest BCUT2D eigenvalue weighted by Crippen LogP contribution is 2.22. The SMILES string of the molecule is Cc1cccc2c(=O)n3c(nc12)[C@@H](N)CC3. The van der Waals surface area contributed by atoms with Crippen LogP contribution < -0.4 is 11.3 Å². The Morgan fingerprint density at radius 3 is 3.12 bits per heavy atom. The van der Waals surface area contributed by atoms with Crippen LogP contribution in [0.25, 0.3) is 10.9 Å². The zero-order chi connectivity index (χ0) is 11.3. The zero-order valence-electron chi connectivity index (χ0n) is 9.10. The van der Waals surface area contributed by atoms with Gasteiger partial charge < -0.3 is 5.73 Å². The van der Waals surface area contributed by atoms with Crippen LogP contribution in [0.3, 0.4) is 0 Å². The first-order valence-electron chi connectivity index (χ1n) is 5.44. The molecule has 1 aromatic carbocycles. The van der Waals surface area contributed by atoms with Gasteiger partial charge in [0.2, 0.25) is 0 Å². The van der Waals surface area contributed by atoms with E-state index in [1.807, 2.05) is 25.1 Å². The molecule has 0 spiro atoms. The Labute approximate surface area is 92.7 Å². The minimum absolute atomic E-state index is 0.0386. The van der Waals surface area contributed by atoms with Gasteiger partial charge in [0.05, 0.1) is 16.9 Å². The molecule has 1 aromatic heterocycles. The maximum Gasteiger partial charge on any atom is 0.261 e. The molecule has 4 heteroatoms. The predicted molar refractivity (Wildman–Crippen MR) is 62.3 cm³/mol. The number of rotatable bonds is 0. The Balaban J connectivity index is 2.49. The summed E-state index contributed by atoms with van der Waals surface area (Å²) < 4.78 is 1.70. The Morgan fingerprint density at radius 1 is 1.50 bits per heavy atom. The average molecular weight is 215 g/mol. The number of aromatic nitrogens is 2. The van der Waals surface area contributed by atoms with Crippen molar-refractivity contribution in [1.82, 2.24) is 9.55 Å². The summed E-state index contributed by atoms with van der Waals surface area (Å²) in [5.41, 5.74) is 7.79. The molecule has 0 saturated heterocycles. The van der Waals surface area contributed by atoms with Crippen molar-refractivity contribution in [3.8, 4) is 0 Å². The monoisotopic (exact) mass is 215 g/mol. The summed E-state index contributed by atoms with van der Waals surface area (Å²) in [6.45, 7) is 2.65. The van der Waals surface area contributed by atoms with Crippen LogP contribution in [-0.4, -0.2) is 9.55 Å². The number of hydrogen-bond donors (Lipinski definition) is 1. The third-order valence-electron chi connectivity index (χ3n) is 3.21. The van der Waals surface area contributed by atoms with Crippen LogP contribution in [0.4, 0.5) is 0 Å². The standard InChI is InChI=1S/C12H13N3O/c1-7-3-2-4-8-10(7)14-11-9(13)5-6-15(11)12(8)16/h2-4,9H,5-6,13H2,1H3/t9-/m0/s1. The number of nitrogens with two attached hydrogens (primary N) is 1. The molecule has 82 valence electrons. The molecule has 1 aliphatic rings. The van der Waals surface area contributed by atoms with E-state index in [1.54, 1.807) is 4.57 Å². The van der Waals surface area contributed by atoms with Gasteiger partial charge in [0, 0.05) is 6.54 Å². The maximum absolute atomic E-state index is 12.2. The molecular weight excluding hydrogens is 202 g/mol. The van der Waals surface area contributed by atoms with Crippen molar-refractivity contribution in [3.63, 3.8) is 0 Å². The van der Waals surface area contributed by atoms with E-state index >= 15 is 0 Å². The fourth-order valence-electron chi connectivity index (χ4n) is 2.30. The molecule has 1 aliphatic heterocycles. The van der Waals surface area contributed by atoms with Crippen molar-refractivity contribution >= 4 is 10.9 Å². The average Bonchev–Trinajstić information content (AvgIpc) is 2.63. The highest BCUT2D eigenvalue weighted by atomic mass is 16.1. The zero-order valence-corrected chi connectivity index (χ0v) is 9.10. The lowest BCUT2D eigenvalue weighted by Crippen LogP contribution is -2.22. The second-order valence-corrected chi connectivity index (χ2v) is 4.29. The second kappa shape index (κ2) is 3.15. The molecule has 0 amide bonds. The van der Waals surface area contributed by atoms with Gasteiger partial charge in [-0.3, -0.25) is 9.36 Å². The van der Waals surface area contributed by atoms with E-state index in [1.165, 1.54) is 0 Å². The third-order valence-corrected chi connectivity index (χ3v) is 3.21. The summed E-state index contributed by atoms with van der Waals surface area (Å²) in [4.78, 5) is 16.7. The van der Waals surface area contributed by atoms with Crippen molar-refractivity contribution in [2.75, 3.05) is 0 Å². The number of benzene rings is 1. The Kier molecular flexibility index (Phi) is 1.88. The number of aryl methyl sites for hydroxylation is 1. The first-order chi connectivity index (χ1) is 7.68. The van der Waals surface area contributed by atoms with Crippen molar-refractivity contribution in [2.45, 2.75) is 25.9 Å². The van der Waals surface area contributed by atoms with Gasteiger partial charge in [-0.05, 0) is 25.0 Å². The molecule has 3 rings (SSSR count). The molecule has 16 heavy (non-hydrogen) atoms. The van der Waals surface area contributed by atoms with E-state index in [0.29, 0.717) is 11.9 Å². The quantitative estimate of drug-likeness (QED) is 0.716. The van der Waals surface area contributed by atoms with Gasteiger partial charge in [0.25, 0.3) is 5.56 Å². The number of nitrogens with zero attached hydrogens (tertiary/aromatic N) is 2. The molecule has 0 bridgehead atoms.